The molecule has 0 spiro atoms. The SMILES string of the molecule is CCC1CN(Cc2cc(C)cc(C)c2)CCN1. The van der Waals surface area contributed by atoms with E-state index in [2.05, 4.69) is 49.2 Å². The molecule has 0 bridgehead atoms. The van der Waals surface area contributed by atoms with Crippen LogP contribution in [0.1, 0.15) is 30.0 Å². The summed E-state index contributed by atoms with van der Waals surface area (Å²) in [5.41, 5.74) is 4.21. The lowest BCUT2D eigenvalue weighted by Gasteiger charge is -2.33. The molecule has 0 radical (unpaired) electrons. The summed E-state index contributed by atoms with van der Waals surface area (Å²) in [7, 11) is 0. The second-order valence-electron chi connectivity index (χ2n) is 5.29. The van der Waals surface area contributed by atoms with Crippen LogP contribution in [0.3, 0.4) is 0 Å². The fourth-order valence-corrected chi connectivity index (χ4v) is 2.73. The third-order valence-electron chi connectivity index (χ3n) is 3.52. The van der Waals surface area contributed by atoms with E-state index in [1.165, 1.54) is 36.2 Å². The lowest BCUT2D eigenvalue weighted by molar-refractivity contribution is 0.190. The Bertz CT molecular complexity index is 353. The second kappa shape index (κ2) is 5.65. The predicted octanol–water partition coefficient (Wildman–Crippen LogP) is 2.49. The molecule has 1 aromatic carbocycles. The van der Waals surface area contributed by atoms with Crippen LogP contribution in [0.5, 0.6) is 0 Å². The van der Waals surface area contributed by atoms with E-state index in [1.54, 1.807) is 0 Å². The summed E-state index contributed by atoms with van der Waals surface area (Å²) in [5, 5.41) is 3.57. The Balaban J connectivity index is 2.00. The first kappa shape index (κ1) is 12.6. The molecule has 1 aliphatic heterocycles. The molecule has 2 nitrogen and oxygen atoms in total. The van der Waals surface area contributed by atoms with Crippen molar-refractivity contribution >= 4 is 0 Å². The van der Waals surface area contributed by atoms with Gasteiger partial charge < -0.3 is 5.32 Å². The quantitative estimate of drug-likeness (QED) is 0.861. The molecule has 0 aromatic heterocycles. The van der Waals surface area contributed by atoms with Crippen molar-refractivity contribution in [1.82, 2.24) is 10.2 Å². The highest BCUT2D eigenvalue weighted by Gasteiger charge is 2.17. The average Bonchev–Trinajstić information content (AvgIpc) is 2.28. The number of piperazine rings is 1. The summed E-state index contributed by atoms with van der Waals surface area (Å²) >= 11 is 0. The van der Waals surface area contributed by atoms with Gasteiger partial charge in [-0.1, -0.05) is 36.2 Å². The zero-order valence-corrected chi connectivity index (χ0v) is 11.3. The highest BCUT2D eigenvalue weighted by Crippen LogP contribution is 2.13. The number of aryl methyl sites for hydroxylation is 2. The second-order valence-corrected chi connectivity index (χ2v) is 5.29. The fraction of sp³-hybridized carbons (Fsp3) is 0.600. The molecule has 1 unspecified atom stereocenters. The van der Waals surface area contributed by atoms with Crippen LogP contribution in [0.25, 0.3) is 0 Å². The number of nitrogens with one attached hydrogen (secondary N) is 1. The monoisotopic (exact) mass is 232 g/mol. The van der Waals surface area contributed by atoms with Crippen molar-refractivity contribution in [2.45, 2.75) is 39.8 Å². The van der Waals surface area contributed by atoms with Crippen molar-refractivity contribution in [3.63, 3.8) is 0 Å². The van der Waals surface area contributed by atoms with Crippen molar-refractivity contribution in [2.75, 3.05) is 19.6 Å². The molecular formula is C15H24N2. The largest absolute Gasteiger partial charge is 0.311 e. The maximum absolute atomic E-state index is 3.57. The minimum absolute atomic E-state index is 0.676. The van der Waals surface area contributed by atoms with Gasteiger partial charge in [-0.15, -0.1) is 0 Å². The molecule has 1 N–H and O–H groups in total. The van der Waals surface area contributed by atoms with Gasteiger partial charge in [-0.2, -0.15) is 0 Å². The Kier molecular flexibility index (Phi) is 4.19. The molecule has 2 rings (SSSR count). The van der Waals surface area contributed by atoms with Crippen molar-refractivity contribution in [3.8, 4) is 0 Å². The van der Waals surface area contributed by atoms with Gasteiger partial charge in [0.25, 0.3) is 0 Å². The molecule has 1 saturated heterocycles. The minimum Gasteiger partial charge on any atom is -0.311 e. The van der Waals surface area contributed by atoms with Crippen molar-refractivity contribution in [3.05, 3.63) is 34.9 Å². The Morgan fingerprint density at radius 1 is 1.24 bits per heavy atom. The zero-order valence-electron chi connectivity index (χ0n) is 11.3. The molecule has 17 heavy (non-hydrogen) atoms. The normalized spacial score (nSPS) is 21.7. The number of nitrogens with zero attached hydrogens (tertiary/aromatic N) is 1. The van der Waals surface area contributed by atoms with Crippen molar-refractivity contribution in [1.29, 1.82) is 0 Å². The molecule has 1 fully saturated rings. The van der Waals surface area contributed by atoms with Crippen LogP contribution < -0.4 is 5.32 Å². The molecule has 2 heteroatoms. The van der Waals surface area contributed by atoms with Gasteiger partial charge in [-0.05, 0) is 25.8 Å². The fourth-order valence-electron chi connectivity index (χ4n) is 2.73. The summed E-state index contributed by atoms with van der Waals surface area (Å²) in [6, 6.07) is 7.55. The highest BCUT2D eigenvalue weighted by molar-refractivity contribution is 5.28. The van der Waals surface area contributed by atoms with Gasteiger partial charge >= 0.3 is 0 Å². The molecule has 0 amide bonds. The lowest BCUT2D eigenvalue weighted by atomic mass is 10.1. The van der Waals surface area contributed by atoms with E-state index in [-0.39, 0.29) is 0 Å². The Labute approximate surface area is 105 Å². The van der Waals surface area contributed by atoms with E-state index >= 15 is 0 Å². The van der Waals surface area contributed by atoms with Crippen LogP contribution in [0, 0.1) is 13.8 Å². The van der Waals surface area contributed by atoms with E-state index in [4.69, 9.17) is 0 Å². The first-order chi connectivity index (χ1) is 8.17. The third-order valence-corrected chi connectivity index (χ3v) is 3.52. The van der Waals surface area contributed by atoms with Gasteiger partial charge in [0.05, 0.1) is 0 Å². The number of benzene rings is 1. The minimum atomic E-state index is 0.676. The van der Waals surface area contributed by atoms with Crippen LogP contribution >= 0.6 is 0 Å². The van der Waals surface area contributed by atoms with Gasteiger partial charge in [-0.3, -0.25) is 4.90 Å². The van der Waals surface area contributed by atoms with Gasteiger partial charge in [0, 0.05) is 32.2 Å². The van der Waals surface area contributed by atoms with E-state index in [0.717, 1.165) is 13.1 Å². The van der Waals surface area contributed by atoms with Gasteiger partial charge in [-0.25, -0.2) is 0 Å². The molecule has 0 aliphatic carbocycles. The number of hydrogen-bond donors (Lipinski definition) is 1. The van der Waals surface area contributed by atoms with Crippen molar-refractivity contribution in [2.24, 2.45) is 0 Å². The molecule has 1 aromatic rings. The topological polar surface area (TPSA) is 15.3 Å². The van der Waals surface area contributed by atoms with Crippen LogP contribution in [0.4, 0.5) is 0 Å². The maximum Gasteiger partial charge on any atom is 0.0235 e. The summed E-state index contributed by atoms with van der Waals surface area (Å²) in [6.07, 6.45) is 1.23. The van der Waals surface area contributed by atoms with E-state index < -0.39 is 0 Å². The molecule has 0 saturated carbocycles. The summed E-state index contributed by atoms with van der Waals surface area (Å²) < 4.78 is 0. The standard InChI is InChI=1S/C15H24N2/c1-4-15-11-17(6-5-16-15)10-14-8-12(2)7-13(3)9-14/h7-9,15-16H,4-6,10-11H2,1-3H3. The highest BCUT2D eigenvalue weighted by atomic mass is 15.2. The van der Waals surface area contributed by atoms with Gasteiger partial charge in [0.1, 0.15) is 0 Å². The first-order valence-corrected chi connectivity index (χ1v) is 6.70. The molecule has 1 heterocycles. The molecule has 1 aliphatic rings. The van der Waals surface area contributed by atoms with E-state index in [1.807, 2.05) is 0 Å². The third kappa shape index (κ3) is 3.55. The smallest absolute Gasteiger partial charge is 0.0235 e. The van der Waals surface area contributed by atoms with E-state index in [0.29, 0.717) is 6.04 Å². The summed E-state index contributed by atoms with van der Waals surface area (Å²) in [6.45, 7) is 11.2. The Morgan fingerprint density at radius 2 is 1.94 bits per heavy atom. The average molecular weight is 232 g/mol. The Hall–Kier alpha value is -0.860. The number of rotatable bonds is 3. The summed E-state index contributed by atoms with van der Waals surface area (Å²) in [4.78, 5) is 2.57. The van der Waals surface area contributed by atoms with Crippen LogP contribution in [0.2, 0.25) is 0 Å². The van der Waals surface area contributed by atoms with Gasteiger partial charge in [0.15, 0.2) is 0 Å². The Morgan fingerprint density at radius 3 is 2.59 bits per heavy atom. The first-order valence-electron chi connectivity index (χ1n) is 6.70. The van der Waals surface area contributed by atoms with Crippen LogP contribution in [-0.4, -0.2) is 30.6 Å². The zero-order chi connectivity index (χ0) is 12.3. The van der Waals surface area contributed by atoms with Crippen molar-refractivity contribution < 1.29 is 0 Å². The maximum atomic E-state index is 3.57. The molecular weight excluding hydrogens is 208 g/mol. The lowest BCUT2D eigenvalue weighted by Crippen LogP contribution is -2.49. The molecule has 94 valence electrons. The van der Waals surface area contributed by atoms with Gasteiger partial charge in [0.2, 0.25) is 0 Å². The predicted molar refractivity (Wildman–Crippen MR) is 73.3 cm³/mol. The van der Waals surface area contributed by atoms with Crippen LogP contribution in [0.15, 0.2) is 18.2 Å². The number of hydrogen-bond acceptors (Lipinski definition) is 2. The molecule has 1 atom stereocenters. The van der Waals surface area contributed by atoms with Crippen LogP contribution in [-0.2, 0) is 6.54 Å². The van der Waals surface area contributed by atoms with E-state index in [9.17, 15) is 0 Å². The summed E-state index contributed by atoms with van der Waals surface area (Å²) in [5.74, 6) is 0.